The van der Waals surface area contributed by atoms with Crippen molar-refractivity contribution in [1.29, 1.82) is 0 Å². The van der Waals surface area contributed by atoms with E-state index in [1.807, 2.05) is 25.8 Å². The summed E-state index contributed by atoms with van der Waals surface area (Å²) >= 11 is 0. The van der Waals surface area contributed by atoms with Gasteiger partial charge in [0.1, 0.15) is 5.75 Å². The Morgan fingerprint density at radius 2 is 1.71 bits per heavy atom. The number of aryl methyl sites for hydroxylation is 2. The second-order valence-electron chi connectivity index (χ2n) is 6.95. The van der Waals surface area contributed by atoms with Crippen LogP contribution in [-0.4, -0.2) is 41.6 Å². The van der Waals surface area contributed by atoms with Crippen molar-refractivity contribution in [3.8, 4) is 5.75 Å². The van der Waals surface area contributed by atoms with Gasteiger partial charge in [-0.15, -0.1) is 0 Å². The largest absolute Gasteiger partial charge is 0.481 e. The number of carboxylic acids is 1. The molecule has 5 nitrogen and oxygen atoms in total. The van der Waals surface area contributed by atoms with Crippen molar-refractivity contribution in [3.63, 3.8) is 0 Å². The van der Waals surface area contributed by atoms with Crippen LogP contribution in [0.2, 0.25) is 0 Å². The van der Waals surface area contributed by atoms with Crippen LogP contribution >= 0.6 is 0 Å². The number of ether oxygens (including phenoxy) is 1. The third kappa shape index (κ3) is 4.28. The Morgan fingerprint density at radius 3 is 2.21 bits per heavy atom. The van der Waals surface area contributed by atoms with Crippen molar-refractivity contribution in [3.05, 3.63) is 28.8 Å². The summed E-state index contributed by atoms with van der Waals surface area (Å²) in [6.45, 7) is 5.56. The van der Waals surface area contributed by atoms with Crippen molar-refractivity contribution in [2.75, 3.05) is 13.7 Å². The summed E-state index contributed by atoms with van der Waals surface area (Å²) < 4.78 is 5.33. The highest BCUT2D eigenvalue weighted by atomic mass is 16.5. The predicted molar refractivity (Wildman–Crippen MR) is 92.6 cm³/mol. The highest BCUT2D eigenvalue weighted by Crippen LogP contribution is 2.29. The van der Waals surface area contributed by atoms with E-state index in [9.17, 15) is 9.59 Å². The highest BCUT2D eigenvalue weighted by Gasteiger charge is 2.26. The smallest absolute Gasteiger partial charge is 0.341 e. The molecule has 1 aromatic carbocycles. The minimum Gasteiger partial charge on any atom is -0.481 e. The number of amides is 1. The average Bonchev–Trinajstić information content (AvgIpc) is 2.53. The lowest BCUT2D eigenvalue weighted by Crippen LogP contribution is -2.39. The number of benzene rings is 1. The summed E-state index contributed by atoms with van der Waals surface area (Å²) in [5.41, 5.74) is 2.20. The number of carbonyl (C=O) groups is 2. The molecule has 1 fully saturated rings. The van der Waals surface area contributed by atoms with Gasteiger partial charge in [-0.05, 0) is 68.7 Å². The molecule has 0 spiro atoms. The molecule has 0 saturated heterocycles. The van der Waals surface area contributed by atoms with Gasteiger partial charge in [-0.2, -0.15) is 0 Å². The van der Waals surface area contributed by atoms with E-state index in [-0.39, 0.29) is 12.5 Å². The van der Waals surface area contributed by atoms with E-state index in [1.54, 1.807) is 12.1 Å². The summed E-state index contributed by atoms with van der Waals surface area (Å²) in [5.74, 6) is 0.300. The van der Waals surface area contributed by atoms with Crippen LogP contribution in [0.5, 0.6) is 5.75 Å². The molecule has 0 bridgehead atoms. The van der Waals surface area contributed by atoms with Gasteiger partial charge in [-0.25, -0.2) is 4.79 Å². The zero-order chi connectivity index (χ0) is 17.9. The average molecular weight is 333 g/mol. The number of hydrogen-bond acceptors (Lipinski definition) is 3. The number of nitrogens with zero attached hydrogens (tertiary/aromatic N) is 1. The van der Waals surface area contributed by atoms with Gasteiger partial charge >= 0.3 is 5.97 Å². The molecule has 0 aromatic heterocycles. The van der Waals surface area contributed by atoms with Gasteiger partial charge in [0.15, 0.2) is 6.61 Å². The van der Waals surface area contributed by atoms with E-state index < -0.39 is 5.97 Å². The lowest BCUT2D eigenvalue weighted by Gasteiger charge is -2.33. The van der Waals surface area contributed by atoms with Crippen LogP contribution in [0.15, 0.2) is 12.1 Å². The van der Waals surface area contributed by atoms with Crippen molar-refractivity contribution >= 4 is 11.9 Å². The Kier molecular flexibility index (Phi) is 5.86. The summed E-state index contributed by atoms with van der Waals surface area (Å²) in [4.78, 5) is 25.3. The summed E-state index contributed by atoms with van der Waals surface area (Å²) in [6.07, 6.45) is 4.45. The molecule has 0 atom stereocenters. The van der Waals surface area contributed by atoms with Crippen molar-refractivity contribution < 1.29 is 19.4 Å². The number of carboxylic acid groups (broad SMARTS) is 1. The molecule has 1 aliphatic rings. The van der Waals surface area contributed by atoms with E-state index in [1.165, 1.54) is 12.8 Å². The molecule has 0 unspecified atom stereocenters. The molecule has 1 aliphatic carbocycles. The first kappa shape index (κ1) is 18.3. The zero-order valence-electron chi connectivity index (χ0n) is 15.0. The Labute approximate surface area is 143 Å². The molecule has 1 amide bonds. The van der Waals surface area contributed by atoms with E-state index >= 15 is 0 Å². The molecular weight excluding hydrogens is 306 g/mol. The second kappa shape index (κ2) is 7.69. The SMILES string of the molecule is Cc1cc(C(=O)N(C)C2CCC(C)CC2)cc(C)c1OCC(=O)O. The molecule has 0 radical (unpaired) electrons. The van der Waals surface area contributed by atoms with Crippen molar-refractivity contribution in [1.82, 2.24) is 4.90 Å². The fourth-order valence-corrected chi connectivity index (χ4v) is 3.43. The summed E-state index contributed by atoms with van der Waals surface area (Å²) in [5, 5.41) is 8.75. The van der Waals surface area contributed by atoms with Crippen LogP contribution in [0.4, 0.5) is 0 Å². The first-order chi connectivity index (χ1) is 11.3. The third-order valence-corrected chi connectivity index (χ3v) is 4.90. The molecule has 1 saturated carbocycles. The molecule has 132 valence electrons. The number of aliphatic carboxylic acids is 1. The van der Waals surface area contributed by atoms with Crippen LogP contribution in [0.3, 0.4) is 0 Å². The maximum Gasteiger partial charge on any atom is 0.341 e. The zero-order valence-corrected chi connectivity index (χ0v) is 15.0. The monoisotopic (exact) mass is 333 g/mol. The van der Waals surface area contributed by atoms with Crippen molar-refractivity contribution in [2.24, 2.45) is 5.92 Å². The standard InChI is InChI=1S/C19H27NO4/c1-12-5-7-16(8-6-12)20(4)19(23)15-9-13(2)18(14(3)10-15)24-11-17(21)22/h9-10,12,16H,5-8,11H2,1-4H3,(H,21,22). The minimum absolute atomic E-state index is 0.0190. The molecular formula is C19H27NO4. The highest BCUT2D eigenvalue weighted by molar-refractivity contribution is 5.95. The van der Waals surface area contributed by atoms with E-state index in [2.05, 4.69) is 6.92 Å². The fourth-order valence-electron chi connectivity index (χ4n) is 3.43. The topological polar surface area (TPSA) is 66.8 Å². The third-order valence-electron chi connectivity index (χ3n) is 4.90. The van der Waals surface area contributed by atoms with E-state index in [4.69, 9.17) is 9.84 Å². The Hall–Kier alpha value is -2.04. The van der Waals surface area contributed by atoms with Crippen molar-refractivity contribution in [2.45, 2.75) is 52.5 Å². The van der Waals surface area contributed by atoms with Crippen LogP contribution in [-0.2, 0) is 4.79 Å². The molecule has 0 aliphatic heterocycles. The maximum absolute atomic E-state index is 12.8. The van der Waals surface area contributed by atoms with Gasteiger partial charge in [0.2, 0.25) is 0 Å². The number of rotatable bonds is 5. The summed E-state index contributed by atoms with van der Waals surface area (Å²) in [6, 6.07) is 3.88. The normalized spacial score (nSPS) is 20.5. The second-order valence-corrected chi connectivity index (χ2v) is 6.95. The molecule has 24 heavy (non-hydrogen) atoms. The lowest BCUT2D eigenvalue weighted by atomic mass is 9.86. The molecule has 1 N–H and O–H groups in total. The maximum atomic E-state index is 12.8. The summed E-state index contributed by atoms with van der Waals surface area (Å²) in [7, 11) is 1.88. The first-order valence-electron chi connectivity index (χ1n) is 8.52. The number of hydrogen-bond donors (Lipinski definition) is 1. The molecule has 5 heteroatoms. The lowest BCUT2D eigenvalue weighted by molar-refractivity contribution is -0.139. The molecule has 2 rings (SSSR count). The van der Waals surface area contributed by atoms with E-state index in [0.29, 0.717) is 17.4 Å². The van der Waals surface area contributed by atoms with Gasteiger partial charge in [-0.1, -0.05) is 6.92 Å². The van der Waals surface area contributed by atoms with Crippen LogP contribution < -0.4 is 4.74 Å². The van der Waals surface area contributed by atoms with Crippen LogP contribution in [0.25, 0.3) is 0 Å². The Morgan fingerprint density at radius 1 is 1.17 bits per heavy atom. The van der Waals surface area contributed by atoms with Crippen LogP contribution in [0, 0.1) is 19.8 Å². The van der Waals surface area contributed by atoms with Gasteiger partial charge < -0.3 is 14.7 Å². The fraction of sp³-hybridized carbons (Fsp3) is 0.579. The quantitative estimate of drug-likeness (QED) is 0.896. The number of carbonyl (C=O) groups excluding carboxylic acids is 1. The molecule has 1 aromatic rings. The van der Waals surface area contributed by atoms with Gasteiger partial charge in [0.05, 0.1) is 0 Å². The Balaban J connectivity index is 2.13. The first-order valence-corrected chi connectivity index (χ1v) is 8.52. The molecule has 0 heterocycles. The predicted octanol–water partition coefficient (Wildman–Crippen LogP) is 3.42. The van der Waals surface area contributed by atoms with Gasteiger partial charge in [0, 0.05) is 18.7 Å². The van der Waals surface area contributed by atoms with E-state index in [0.717, 1.165) is 29.9 Å². The Bertz CT molecular complexity index is 595. The van der Waals surface area contributed by atoms with Gasteiger partial charge in [0.25, 0.3) is 5.91 Å². The minimum atomic E-state index is -1.01. The van der Waals surface area contributed by atoms with Crippen LogP contribution in [0.1, 0.15) is 54.1 Å². The van der Waals surface area contributed by atoms with Gasteiger partial charge in [-0.3, -0.25) is 4.79 Å².